The number of benzene rings is 1. The van der Waals surface area contributed by atoms with Crippen LogP contribution in [0.4, 0.5) is 4.79 Å². The van der Waals surface area contributed by atoms with E-state index in [1.807, 2.05) is 22.9 Å². The van der Waals surface area contributed by atoms with Gasteiger partial charge in [-0.1, -0.05) is 36.8 Å². The van der Waals surface area contributed by atoms with E-state index in [1.165, 1.54) is 12.0 Å². The highest BCUT2D eigenvalue weighted by atomic mass is 16.4. The van der Waals surface area contributed by atoms with Crippen LogP contribution in [0, 0.1) is 0 Å². The van der Waals surface area contributed by atoms with Gasteiger partial charge >= 0.3 is 12.0 Å². The van der Waals surface area contributed by atoms with E-state index in [9.17, 15) is 9.59 Å². The minimum absolute atomic E-state index is 0.0127. The van der Waals surface area contributed by atoms with Gasteiger partial charge in [-0.25, -0.2) is 4.79 Å². The van der Waals surface area contributed by atoms with Crippen LogP contribution in [0.1, 0.15) is 44.1 Å². The number of hydrogen-bond acceptors (Lipinski definition) is 3. The molecule has 0 bridgehead atoms. The Kier molecular flexibility index (Phi) is 6.37. The predicted molar refractivity (Wildman–Crippen MR) is 105 cm³/mol. The van der Waals surface area contributed by atoms with Crippen LogP contribution in [-0.4, -0.2) is 66.2 Å². The number of likely N-dealkylation sites (N-methyl/N-ethyl adjacent to an activating group) is 1. The molecule has 2 amide bonds. The normalized spacial score (nSPS) is 22.0. The third-order valence-corrected chi connectivity index (χ3v) is 6.27. The lowest BCUT2D eigenvalue weighted by molar-refractivity contribution is -0.138. The van der Waals surface area contributed by atoms with E-state index in [0.29, 0.717) is 13.1 Å². The zero-order valence-electron chi connectivity index (χ0n) is 16.2. The number of nitrogens with one attached hydrogen (secondary N) is 1. The van der Waals surface area contributed by atoms with Gasteiger partial charge in [0, 0.05) is 31.1 Å². The lowest BCUT2D eigenvalue weighted by atomic mass is 9.64. The van der Waals surface area contributed by atoms with Crippen molar-refractivity contribution in [3.63, 3.8) is 0 Å². The van der Waals surface area contributed by atoms with Crippen molar-refractivity contribution in [3.05, 3.63) is 35.9 Å². The van der Waals surface area contributed by atoms with Gasteiger partial charge < -0.3 is 15.3 Å². The second kappa shape index (κ2) is 8.74. The lowest BCUT2D eigenvalue weighted by Gasteiger charge is -2.43. The van der Waals surface area contributed by atoms with Crippen molar-refractivity contribution in [2.24, 2.45) is 0 Å². The molecule has 148 valence electrons. The number of hydrogen-bond donors (Lipinski definition) is 2. The van der Waals surface area contributed by atoms with Crippen molar-refractivity contribution in [1.29, 1.82) is 0 Å². The highest BCUT2D eigenvalue weighted by Gasteiger charge is 2.39. The Bertz CT molecular complexity index is 645. The first kappa shape index (κ1) is 19.7. The maximum atomic E-state index is 12.7. The smallest absolute Gasteiger partial charge is 0.317 e. The minimum Gasteiger partial charge on any atom is -0.480 e. The largest absolute Gasteiger partial charge is 0.480 e. The molecule has 1 saturated heterocycles. The molecule has 0 spiro atoms. The number of urea groups is 1. The van der Waals surface area contributed by atoms with E-state index in [4.69, 9.17) is 5.11 Å². The van der Waals surface area contributed by atoms with Gasteiger partial charge in [-0.2, -0.15) is 0 Å². The second-order valence-electron chi connectivity index (χ2n) is 8.04. The fourth-order valence-electron chi connectivity index (χ4n) is 4.38. The summed E-state index contributed by atoms with van der Waals surface area (Å²) in [7, 11) is 1.86. The Balaban J connectivity index is 1.52. The molecule has 1 aromatic rings. The summed E-state index contributed by atoms with van der Waals surface area (Å²) in [6.07, 6.45) is 6.12. The fourth-order valence-corrected chi connectivity index (χ4v) is 4.38. The maximum Gasteiger partial charge on any atom is 0.317 e. The number of carboxylic acid groups (broad SMARTS) is 1. The first-order valence-corrected chi connectivity index (χ1v) is 10.0. The van der Waals surface area contributed by atoms with Crippen LogP contribution in [0.3, 0.4) is 0 Å². The maximum absolute atomic E-state index is 12.7. The molecule has 1 heterocycles. The monoisotopic (exact) mass is 373 g/mol. The number of carbonyl (C=O) groups is 2. The van der Waals surface area contributed by atoms with Gasteiger partial charge in [-0.15, -0.1) is 0 Å². The number of carbonyl (C=O) groups excluding carboxylic acids is 1. The van der Waals surface area contributed by atoms with E-state index in [-0.39, 0.29) is 24.0 Å². The van der Waals surface area contributed by atoms with Gasteiger partial charge in [0.25, 0.3) is 0 Å². The lowest BCUT2D eigenvalue weighted by Crippen LogP contribution is -2.49. The molecule has 1 aliphatic heterocycles. The van der Waals surface area contributed by atoms with Crippen molar-refractivity contribution in [3.8, 4) is 0 Å². The highest BCUT2D eigenvalue weighted by Crippen LogP contribution is 2.43. The Hall–Kier alpha value is -2.08. The third kappa shape index (κ3) is 4.80. The molecule has 0 radical (unpaired) electrons. The molecule has 2 aliphatic rings. The highest BCUT2D eigenvalue weighted by molar-refractivity contribution is 5.74. The number of aliphatic carboxylic acids is 1. The van der Waals surface area contributed by atoms with Gasteiger partial charge in [0.1, 0.15) is 0 Å². The second-order valence-corrected chi connectivity index (χ2v) is 8.04. The van der Waals surface area contributed by atoms with E-state index < -0.39 is 5.97 Å². The number of carboxylic acids is 1. The summed E-state index contributed by atoms with van der Waals surface area (Å²) in [5.41, 5.74) is 1.41. The molecule has 1 saturated carbocycles. The summed E-state index contributed by atoms with van der Waals surface area (Å²) < 4.78 is 0. The van der Waals surface area contributed by atoms with Crippen molar-refractivity contribution in [1.82, 2.24) is 15.1 Å². The molecule has 1 unspecified atom stereocenters. The number of rotatable bonds is 6. The van der Waals surface area contributed by atoms with Crippen LogP contribution >= 0.6 is 0 Å². The average molecular weight is 373 g/mol. The predicted octanol–water partition coefficient (Wildman–Crippen LogP) is 2.69. The Labute approximate surface area is 161 Å². The minimum atomic E-state index is -0.803. The van der Waals surface area contributed by atoms with E-state index in [1.54, 1.807) is 0 Å². The van der Waals surface area contributed by atoms with E-state index in [2.05, 4.69) is 29.6 Å². The zero-order valence-corrected chi connectivity index (χ0v) is 16.2. The molecule has 2 fully saturated rings. The third-order valence-electron chi connectivity index (χ3n) is 6.27. The molecule has 27 heavy (non-hydrogen) atoms. The summed E-state index contributed by atoms with van der Waals surface area (Å²) in [6, 6.07) is 10.7. The Morgan fingerprint density at radius 1 is 1.19 bits per heavy atom. The standard InChI is InChI=1S/C21H31N3O3/c1-23(15-19(25)26)18-9-5-13-24(14-10-18)20(27)22-16-21(11-6-12-21)17-7-3-2-4-8-17/h2-4,7-8,18H,5-6,9-16H2,1H3,(H,22,27)(H,25,26). The summed E-state index contributed by atoms with van der Waals surface area (Å²) in [4.78, 5) is 27.4. The van der Waals surface area contributed by atoms with Crippen molar-refractivity contribution < 1.29 is 14.7 Å². The Morgan fingerprint density at radius 2 is 1.93 bits per heavy atom. The molecular weight excluding hydrogens is 342 g/mol. The Morgan fingerprint density at radius 3 is 2.56 bits per heavy atom. The fraction of sp³-hybridized carbons (Fsp3) is 0.619. The van der Waals surface area contributed by atoms with Crippen LogP contribution < -0.4 is 5.32 Å². The molecule has 0 aromatic heterocycles. The molecule has 2 N–H and O–H groups in total. The summed E-state index contributed by atoms with van der Waals surface area (Å²) in [6.45, 7) is 2.16. The number of nitrogens with zero attached hydrogens (tertiary/aromatic N) is 2. The van der Waals surface area contributed by atoms with Gasteiger partial charge in [-0.05, 0) is 44.7 Å². The molecule has 6 heteroatoms. The zero-order chi connectivity index (χ0) is 19.3. The van der Waals surface area contributed by atoms with Crippen molar-refractivity contribution >= 4 is 12.0 Å². The summed E-state index contributed by atoms with van der Waals surface area (Å²) >= 11 is 0. The van der Waals surface area contributed by atoms with E-state index in [0.717, 1.165) is 38.6 Å². The average Bonchev–Trinajstić information content (AvgIpc) is 2.87. The van der Waals surface area contributed by atoms with Crippen LogP contribution in [0.25, 0.3) is 0 Å². The van der Waals surface area contributed by atoms with Crippen molar-refractivity contribution in [2.75, 3.05) is 33.2 Å². The molecule has 6 nitrogen and oxygen atoms in total. The van der Waals surface area contributed by atoms with Gasteiger partial charge in [-0.3, -0.25) is 9.69 Å². The van der Waals surface area contributed by atoms with E-state index >= 15 is 0 Å². The van der Waals surface area contributed by atoms with Gasteiger partial charge in [0.05, 0.1) is 6.54 Å². The molecule has 1 atom stereocenters. The molecular formula is C21H31N3O3. The van der Waals surface area contributed by atoms with Crippen LogP contribution in [0.15, 0.2) is 30.3 Å². The molecule has 1 aliphatic carbocycles. The number of amides is 2. The van der Waals surface area contributed by atoms with Crippen molar-refractivity contribution in [2.45, 2.75) is 50.0 Å². The quantitative estimate of drug-likeness (QED) is 0.804. The summed E-state index contributed by atoms with van der Waals surface area (Å²) in [5, 5.41) is 12.2. The van der Waals surface area contributed by atoms with Crippen LogP contribution in [-0.2, 0) is 10.2 Å². The van der Waals surface area contributed by atoms with Crippen LogP contribution in [0.5, 0.6) is 0 Å². The van der Waals surface area contributed by atoms with Gasteiger partial charge in [0.15, 0.2) is 0 Å². The van der Waals surface area contributed by atoms with Crippen LogP contribution in [0.2, 0.25) is 0 Å². The summed E-state index contributed by atoms with van der Waals surface area (Å²) in [5.74, 6) is -0.803. The topological polar surface area (TPSA) is 72.9 Å². The number of likely N-dealkylation sites (tertiary alicyclic amines) is 1. The SMILES string of the molecule is CN(CC(=O)O)C1CCCN(C(=O)NCC2(c3ccccc3)CCC2)CC1. The molecule has 3 rings (SSSR count). The first-order chi connectivity index (χ1) is 13.0. The van der Waals surface area contributed by atoms with Gasteiger partial charge in [0.2, 0.25) is 0 Å². The first-order valence-electron chi connectivity index (χ1n) is 10.0. The molecule has 1 aromatic carbocycles.